The van der Waals surface area contributed by atoms with E-state index in [4.69, 9.17) is 5.73 Å². The number of nitrogens with zero attached hydrogens (tertiary/aromatic N) is 1. The Labute approximate surface area is 102 Å². The zero-order valence-electron chi connectivity index (χ0n) is 9.97. The number of para-hydroxylation sites is 1. The third-order valence-electron chi connectivity index (χ3n) is 4.05. The molecule has 0 saturated heterocycles. The quantitative estimate of drug-likeness (QED) is 0.605. The molecule has 0 amide bonds. The SMILES string of the molecule is NC(=NC1CC2CCC1C2)Nc1ccccc1. The summed E-state index contributed by atoms with van der Waals surface area (Å²) >= 11 is 0. The van der Waals surface area contributed by atoms with E-state index in [1.807, 2.05) is 30.3 Å². The van der Waals surface area contributed by atoms with E-state index in [-0.39, 0.29) is 0 Å². The lowest BCUT2D eigenvalue weighted by Crippen LogP contribution is -2.27. The molecular formula is C14H19N3. The van der Waals surface area contributed by atoms with Crippen LogP contribution in [-0.2, 0) is 0 Å². The number of hydrogen-bond donors (Lipinski definition) is 2. The van der Waals surface area contributed by atoms with Crippen LogP contribution in [0.2, 0.25) is 0 Å². The fourth-order valence-corrected chi connectivity index (χ4v) is 3.25. The normalized spacial score (nSPS) is 31.8. The maximum absolute atomic E-state index is 5.96. The van der Waals surface area contributed by atoms with Crippen molar-refractivity contribution < 1.29 is 0 Å². The number of aliphatic imine (C=N–C) groups is 1. The van der Waals surface area contributed by atoms with E-state index >= 15 is 0 Å². The monoisotopic (exact) mass is 229 g/mol. The number of nitrogens with two attached hydrogens (primary N) is 1. The van der Waals surface area contributed by atoms with Crippen LogP contribution in [0.25, 0.3) is 0 Å². The Kier molecular flexibility index (Phi) is 2.75. The van der Waals surface area contributed by atoms with Gasteiger partial charge in [0.2, 0.25) is 0 Å². The highest BCUT2D eigenvalue weighted by Crippen LogP contribution is 2.45. The van der Waals surface area contributed by atoms with Crippen molar-refractivity contribution in [1.29, 1.82) is 0 Å². The average molecular weight is 229 g/mol. The molecule has 0 radical (unpaired) electrons. The molecule has 0 aromatic heterocycles. The van der Waals surface area contributed by atoms with E-state index in [0.29, 0.717) is 12.0 Å². The summed E-state index contributed by atoms with van der Waals surface area (Å²) < 4.78 is 0. The summed E-state index contributed by atoms with van der Waals surface area (Å²) in [5.41, 5.74) is 6.97. The van der Waals surface area contributed by atoms with Crippen LogP contribution in [0.4, 0.5) is 5.69 Å². The molecule has 1 aromatic rings. The first-order valence-corrected chi connectivity index (χ1v) is 6.46. The van der Waals surface area contributed by atoms with Crippen LogP contribution in [0.5, 0.6) is 0 Å². The first-order chi connectivity index (χ1) is 8.31. The highest BCUT2D eigenvalue weighted by Gasteiger charge is 2.39. The van der Waals surface area contributed by atoms with Crippen LogP contribution in [0.15, 0.2) is 35.3 Å². The molecule has 2 fully saturated rings. The number of hydrogen-bond acceptors (Lipinski definition) is 1. The van der Waals surface area contributed by atoms with Gasteiger partial charge in [0.15, 0.2) is 5.96 Å². The minimum atomic E-state index is 0.463. The van der Waals surface area contributed by atoms with Crippen molar-refractivity contribution >= 4 is 11.6 Å². The molecule has 2 aliphatic carbocycles. The molecule has 1 aromatic carbocycles. The van der Waals surface area contributed by atoms with Crippen molar-refractivity contribution in [3.05, 3.63) is 30.3 Å². The Balaban J connectivity index is 1.64. The number of fused-ring (bicyclic) bond motifs is 2. The van der Waals surface area contributed by atoms with Gasteiger partial charge in [-0.25, -0.2) is 4.99 Å². The minimum absolute atomic E-state index is 0.463. The van der Waals surface area contributed by atoms with Crippen molar-refractivity contribution in [2.75, 3.05) is 5.32 Å². The van der Waals surface area contributed by atoms with Gasteiger partial charge < -0.3 is 11.1 Å². The predicted molar refractivity (Wildman–Crippen MR) is 70.9 cm³/mol. The molecule has 0 spiro atoms. The zero-order valence-corrected chi connectivity index (χ0v) is 9.97. The van der Waals surface area contributed by atoms with Gasteiger partial charge in [-0.1, -0.05) is 24.6 Å². The summed E-state index contributed by atoms with van der Waals surface area (Å²) in [6.07, 6.45) is 5.36. The van der Waals surface area contributed by atoms with Gasteiger partial charge in [-0.3, -0.25) is 0 Å². The molecule has 3 heteroatoms. The summed E-state index contributed by atoms with van der Waals surface area (Å²) in [5, 5.41) is 3.16. The molecule has 2 bridgehead atoms. The number of anilines is 1. The lowest BCUT2D eigenvalue weighted by Gasteiger charge is -2.18. The van der Waals surface area contributed by atoms with Crippen LogP contribution in [0, 0.1) is 11.8 Å². The van der Waals surface area contributed by atoms with Gasteiger partial charge in [0.05, 0.1) is 6.04 Å². The summed E-state index contributed by atoms with van der Waals surface area (Å²) in [6, 6.07) is 10.5. The smallest absolute Gasteiger partial charge is 0.193 e. The van der Waals surface area contributed by atoms with Gasteiger partial charge in [-0.15, -0.1) is 0 Å². The molecule has 2 aliphatic rings. The van der Waals surface area contributed by atoms with Gasteiger partial charge in [-0.2, -0.15) is 0 Å². The van der Waals surface area contributed by atoms with Crippen LogP contribution in [-0.4, -0.2) is 12.0 Å². The van der Waals surface area contributed by atoms with Gasteiger partial charge in [-0.05, 0) is 43.2 Å². The summed E-state index contributed by atoms with van der Waals surface area (Å²) in [5.74, 6) is 2.27. The van der Waals surface area contributed by atoms with E-state index in [0.717, 1.165) is 17.5 Å². The van der Waals surface area contributed by atoms with Crippen LogP contribution >= 0.6 is 0 Å². The summed E-state index contributed by atoms with van der Waals surface area (Å²) in [4.78, 5) is 4.64. The van der Waals surface area contributed by atoms with E-state index in [2.05, 4.69) is 10.3 Å². The Bertz CT molecular complexity index is 413. The first kappa shape index (κ1) is 10.6. The highest BCUT2D eigenvalue weighted by atomic mass is 15.1. The summed E-state index contributed by atoms with van der Waals surface area (Å²) in [6.45, 7) is 0. The minimum Gasteiger partial charge on any atom is -0.370 e. The van der Waals surface area contributed by atoms with Crippen molar-refractivity contribution in [3.63, 3.8) is 0 Å². The van der Waals surface area contributed by atoms with Crippen molar-refractivity contribution in [3.8, 4) is 0 Å². The maximum Gasteiger partial charge on any atom is 0.193 e. The first-order valence-electron chi connectivity index (χ1n) is 6.46. The second-order valence-electron chi connectivity index (χ2n) is 5.25. The van der Waals surface area contributed by atoms with E-state index in [1.165, 1.54) is 25.7 Å². The topological polar surface area (TPSA) is 50.4 Å². The number of guanidine groups is 1. The van der Waals surface area contributed by atoms with Gasteiger partial charge in [0.1, 0.15) is 0 Å². The number of benzene rings is 1. The third kappa shape index (κ3) is 2.28. The van der Waals surface area contributed by atoms with Crippen LogP contribution < -0.4 is 11.1 Å². The van der Waals surface area contributed by atoms with Crippen molar-refractivity contribution in [1.82, 2.24) is 0 Å². The van der Waals surface area contributed by atoms with Gasteiger partial charge in [0, 0.05) is 5.69 Å². The second kappa shape index (κ2) is 4.40. The molecule has 3 unspecified atom stereocenters. The molecule has 2 saturated carbocycles. The van der Waals surface area contributed by atoms with E-state index < -0.39 is 0 Å². The lowest BCUT2D eigenvalue weighted by atomic mass is 9.96. The van der Waals surface area contributed by atoms with Crippen LogP contribution in [0.3, 0.4) is 0 Å². The second-order valence-corrected chi connectivity index (χ2v) is 5.25. The zero-order chi connectivity index (χ0) is 11.7. The van der Waals surface area contributed by atoms with Crippen molar-refractivity contribution in [2.24, 2.45) is 22.6 Å². The fraction of sp³-hybridized carbons (Fsp3) is 0.500. The van der Waals surface area contributed by atoms with Crippen molar-refractivity contribution in [2.45, 2.75) is 31.7 Å². The molecule has 3 atom stereocenters. The Morgan fingerprint density at radius 3 is 2.65 bits per heavy atom. The molecule has 0 aliphatic heterocycles. The fourth-order valence-electron chi connectivity index (χ4n) is 3.25. The number of rotatable bonds is 2. The standard InChI is InChI=1S/C14H19N3/c15-14(16-12-4-2-1-3-5-12)17-13-9-10-6-7-11(13)8-10/h1-5,10-11,13H,6-9H2,(H3,15,16,17). The molecule has 3 N–H and O–H groups in total. The predicted octanol–water partition coefficient (Wildman–Crippen LogP) is 2.60. The molecule has 17 heavy (non-hydrogen) atoms. The third-order valence-corrected chi connectivity index (χ3v) is 4.05. The molecule has 3 rings (SSSR count). The number of nitrogens with one attached hydrogen (secondary N) is 1. The van der Waals surface area contributed by atoms with Gasteiger partial charge in [0.25, 0.3) is 0 Å². The Morgan fingerprint density at radius 1 is 1.18 bits per heavy atom. The molecule has 3 nitrogen and oxygen atoms in total. The molecule has 0 heterocycles. The maximum atomic E-state index is 5.96. The average Bonchev–Trinajstić information content (AvgIpc) is 2.92. The molecular weight excluding hydrogens is 210 g/mol. The lowest BCUT2D eigenvalue weighted by molar-refractivity contribution is 0.420. The Hall–Kier alpha value is -1.51. The Morgan fingerprint density at radius 2 is 2.00 bits per heavy atom. The summed E-state index contributed by atoms with van der Waals surface area (Å²) in [7, 11) is 0. The van der Waals surface area contributed by atoms with E-state index in [9.17, 15) is 0 Å². The van der Waals surface area contributed by atoms with Gasteiger partial charge >= 0.3 is 0 Å². The van der Waals surface area contributed by atoms with Crippen LogP contribution in [0.1, 0.15) is 25.7 Å². The van der Waals surface area contributed by atoms with E-state index in [1.54, 1.807) is 0 Å². The molecule has 90 valence electrons. The highest BCUT2D eigenvalue weighted by molar-refractivity contribution is 5.92. The largest absolute Gasteiger partial charge is 0.370 e.